The molecule has 3 rings (SSSR count). The van der Waals surface area contributed by atoms with E-state index in [0.29, 0.717) is 17.0 Å². The number of anilines is 1. The number of hydrogen-bond acceptors (Lipinski definition) is 5. The van der Waals surface area contributed by atoms with Gasteiger partial charge in [0.05, 0.1) is 25.2 Å². The van der Waals surface area contributed by atoms with Crippen molar-refractivity contribution in [2.45, 2.75) is 13.3 Å². The highest BCUT2D eigenvalue weighted by molar-refractivity contribution is 7.07. The van der Waals surface area contributed by atoms with E-state index in [2.05, 4.69) is 11.4 Å². The number of rotatable bonds is 5. The Morgan fingerprint density at radius 2 is 2.04 bits per heavy atom. The molecular formula is C21H20N4O2S. The maximum Gasteiger partial charge on any atom is 0.230 e. The van der Waals surface area contributed by atoms with E-state index in [0.717, 1.165) is 21.7 Å². The minimum atomic E-state index is -0.127. The molecule has 0 unspecified atom stereocenters. The van der Waals surface area contributed by atoms with Gasteiger partial charge in [-0.3, -0.25) is 4.79 Å². The Balaban J connectivity index is 1.78. The first-order valence-electron chi connectivity index (χ1n) is 8.63. The quantitative estimate of drug-likeness (QED) is 0.719. The van der Waals surface area contributed by atoms with Crippen molar-refractivity contribution in [1.29, 1.82) is 5.26 Å². The van der Waals surface area contributed by atoms with Crippen molar-refractivity contribution in [2.24, 2.45) is 12.0 Å². The number of methoxy groups -OCH3 is 1. The molecule has 0 saturated heterocycles. The second-order valence-corrected chi connectivity index (χ2v) is 7.11. The molecule has 0 saturated carbocycles. The Kier molecular flexibility index (Phi) is 5.92. The number of thiazole rings is 1. The third kappa shape index (κ3) is 4.48. The van der Waals surface area contributed by atoms with Gasteiger partial charge in [-0.05, 0) is 48.9 Å². The van der Waals surface area contributed by atoms with Gasteiger partial charge in [-0.2, -0.15) is 5.26 Å². The van der Waals surface area contributed by atoms with Crippen molar-refractivity contribution in [1.82, 2.24) is 4.57 Å². The molecule has 0 aliphatic heterocycles. The summed E-state index contributed by atoms with van der Waals surface area (Å²) in [6.45, 7) is 2.01. The summed E-state index contributed by atoms with van der Waals surface area (Å²) in [4.78, 5) is 17.8. The molecule has 0 atom stereocenters. The van der Waals surface area contributed by atoms with E-state index in [1.807, 2.05) is 42.1 Å². The van der Waals surface area contributed by atoms with Crippen LogP contribution in [0.5, 0.6) is 5.75 Å². The molecule has 6 nitrogen and oxygen atoms in total. The van der Waals surface area contributed by atoms with Crippen molar-refractivity contribution in [3.63, 3.8) is 0 Å². The molecule has 1 heterocycles. The van der Waals surface area contributed by atoms with Gasteiger partial charge in [-0.1, -0.05) is 6.07 Å². The minimum Gasteiger partial charge on any atom is -0.494 e. The number of amides is 1. The van der Waals surface area contributed by atoms with Gasteiger partial charge in [0.15, 0.2) is 4.80 Å². The van der Waals surface area contributed by atoms with Gasteiger partial charge in [0.25, 0.3) is 0 Å². The zero-order chi connectivity index (χ0) is 20.1. The summed E-state index contributed by atoms with van der Waals surface area (Å²) in [5.74, 6) is 0.580. The molecule has 0 spiro atoms. The van der Waals surface area contributed by atoms with Crippen LogP contribution in [0.1, 0.15) is 16.8 Å². The monoisotopic (exact) mass is 392 g/mol. The van der Waals surface area contributed by atoms with E-state index in [1.165, 1.54) is 11.3 Å². The van der Waals surface area contributed by atoms with Gasteiger partial charge in [-0.25, -0.2) is 4.99 Å². The predicted octanol–water partition coefficient (Wildman–Crippen LogP) is 3.69. The number of carbonyl (C=O) groups excluding carboxylic acids is 1. The number of benzene rings is 2. The second kappa shape index (κ2) is 8.55. The second-order valence-electron chi connectivity index (χ2n) is 6.27. The lowest BCUT2D eigenvalue weighted by Crippen LogP contribution is -2.19. The SMILES string of the molecule is COc1ccc(C)cc1N=c1scc(CC(=O)Nc2ccc(C#N)cc2)n1C. The van der Waals surface area contributed by atoms with E-state index >= 15 is 0 Å². The van der Waals surface area contributed by atoms with Crippen LogP contribution in [0.2, 0.25) is 0 Å². The first-order valence-corrected chi connectivity index (χ1v) is 9.51. The van der Waals surface area contributed by atoms with E-state index in [1.54, 1.807) is 31.4 Å². The van der Waals surface area contributed by atoms with Crippen LogP contribution in [0.3, 0.4) is 0 Å². The number of carbonyl (C=O) groups is 1. The van der Waals surface area contributed by atoms with Gasteiger partial charge in [-0.15, -0.1) is 11.3 Å². The predicted molar refractivity (Wildman–Crippen MR) is 110 cm³/mol. The zero-order valence-corrected chi connectivity index (χ0v) is 16.7. The van der Waals surface area contributed by atoms with Gasteiger partial charge < -0.3 is 14.6 Å². The highest BCUT2D eigenvalue weighted by Gasteiger charge is 2.10. The molecule has 0 fully saturated rings. The summed E-state index contributed by atoms with van der Waals surface area (Å²) in [5.41, 5.74) is 3.94. The van der Waals surface area contributed by atoms with Crippen molar-refractivity contribution >= 4 is 28.6 Å². The van der Waals surface area contributed by atoms with Gasteiger partial charge >= 0.3 is 0 Å². The lowest BCUT2D eigenvalue weighted by Gasteiger charge is -2.07. The number of ether oxygens (including phenoxy) is 1. The summed E-state index contributed by atoms with van der Waals surface area (Å²) in [6.07, 6.45) is 0.230. The van der Waals surface area contributed by atoms with Crippen LogP contribution >= 0.6 is 11.3 Å². The average molecular weight is 392 g/mol. The van der Waals surface area contributed by atoms with E-state index < -0.39 is 0 Å². The van der Waals surface area contributed by atoms with Crippen LogP contribution in [0.15, 0.2) is 52.8 Å². The Labute approximate surface area is 167 Å². The fourth-order valence-electron chi connectivity index (χ4n) is 2.65. The molecule has 28 heavy (non-hydrogen) atoms. The zero-order valence-electron chi connectivity index (χ0n) is 15.9. The third-order valence-corrected chi connectivity index (χ3v) is 5.17. The van der Waals surface area contributed by atoms with Crippen molar-refractivity contribution < 1.29 is 9.53 Å². The van der Waals surface area contributed by atoms with E-state index in [9.17, 15) is 4.79 Å². The number of nitrogens with one attached hydrogen (secondary N) is 1. The van der Waals surface area contributed by atoms with Gasteiger partial charge in [0, 0.05) is 23.8 Å². The molecule has 142 valence electrons. The number of hydrogen-bond donors (Lipinski definition) is 1. The fourth-order valence-corrected chi connectivity index (χ4v) is 3.56. The van der Waals surface area contributed by atoms with Crippen molar-refractivity contribution in [3.05, 3.63) is 69.5 Å². The fraction of sp³-hybridized carbons (Fsp3) is 0.190. The first-order chi connectivity index (χ1) is 13.5. The van der Waals surface area contributed by atoms with Gasteiger partial charge in [0.2, 0.25) is 5.91 Å². The summed E-state index contributed by atoms with van der Waals surface area (Å²) in [6, 6.07) is 14.7. The molecule has 1 amide bonds. The Hall–Kier alpha value is -3.37. The molecule has 0 aliphatic rings. The summed E-state index contributed by atoms with van der Waals surface area (Å²) >= 11 is 1.47. The molecule has 2 aromatic carbocycles. The number of nitriles is 1. The molecule has 0 radical (unpaired) electrons. The van der Waals surface area contributed by atoms with Crippen molar-refractivity contribution in [2.75, 3.05) is 12.4 Å². The first kappa shape index (κ1) is 19.4. The third-order valence-electron chi connectivity index (χ3n) is 4.21. The average Bonchev–Trinajstić information content (AvgIpc) is 3.02. The molecule has 7 heteroatoms. The summed E-state index contributed by atoms with van der Waals surface area (Å²) in [7, 11) is 3.51. The molecule has 0 bridgehead atoms. The Bertz CT molecular complexity index is 1100. The van der Waals surface area contributed by atoms with Crippen molar-refractivity contribution in [3.8, 4) is 11.8 Å². The Morgan fingerprint density at radius 3 is 2.71 bits per heavy atom. The van der Waals surface area contributed by atoms with Crippen LogP contribution < -0.4 is 14.9 Å². The summed E-state index contributed by atoms with van der Waals surface area (Å²) < 4.78 is 7.29. The molecular weight excluding hydrogens is 372 g/mol. The molecule has 0 aliphatic carbocycles. The standard InChI is InChI=1S/C21H20N4O2S/c1-14-4-9-19(27-3)18(10-14)24-21-25(2)17(13-28-21)11-20(26)23-16-7-5-15(12-22)6-8-16/h4-10,13H,11H2,1-3H3,(H,23,26). The topological polar surface area (TPSA) is 79.4 Å². The largest absolute Gasteiger partial charge is 0.494 e. The summed E-state index contributed by atoms with van der Waals surface area (Å²) in [5, 5.41) is 13.6. The van der Waals surface area contributed by atoms with E-state index in [4.69, 9.17) is 15.0 Å². The van der Waals surface area contributed by atoms with E-state index in [-0.39, 0.29) is 12.3 Å². The number of nitrogens with zero attached hydrogens (tertiary/aromatic N) is 3. The smallest absolute Gasteiger partial charge is 0.230 e. The van der Waals surface area contributed by atoms with Crippen LogP contribution in [0, 0.1) is 18.3 Å². The molecule has 1 aromatic heterocycles. The minimum absolute atomic E-state index is 0.127. The molecule has 1 N–H and O–H groups in total. The maximum atomic E-state index is 12.4. The lowest BCUT2D eigenvalue weighted by molar-refractivity contribution is -0.115. The van der Waals surface area contributed by atoms with Crippen LogP contribution in [-0.2, 0) is 18.3 Å². The highest BCUT2D eigenvalue weighted by Crippen LogP contribution is 2.27. The molecule has 3 aromatic rings. The van der Waals surface area contributed by atoms with Crippen LogP contribution in [0.25, 0.3) is 0 Å². The number of aromatic nitrogens is 1. The van der Waals surface area contributed by atoms with Crippen LogP contribution in [-0.4, -0.2) is 17.6 Å². The number of aryl methyl sites for hydroxylation is 1. The van der Waals surface area contributed by atoms with Crippen LogP contribution in [0.4, 0.5) is 11.4 Å². The normalized spacial score (nSPS) is 11.1. The maximum absolute atomic E-state index is 12.4. The lowest BCUT2D eigenvalue weighted by atomic mass is 10.2. The highest BCUT2D eigenvalue weighted by atomic mass is 32.1. The van der Waals surface area contributed by atoms with Gasteiger partial charge in [0.1, 0.15) is 11.4 Å². The Morgan fingerprint density at radius 1 is 1.29 bits per heavy atom.